The Kier molecular flexibility index (Phi) is 5.72. The van der Waals surface area contributed by atoms with Crippen molar-refractivity contribution in [2.24, 2.45) is 0 Å². The summed E-state index contributed by atoms with van der Waals surface area (Å²) in [6.45, 7) is 5.84. The predicted molar refractivity (Wildman–Crippen MR) is 128 cm³/mol. The number of amides is 2. The molecule has 0 fully saturated rings. The number of rotatable bonds is 5. The van der Waals surface area contributed by atoms with Crippen molar-refractivity contribution in [1.29, 1.82) is 5.26 Å². The number of nitrogens with zero attached hydrogens (tertiary/aromatic N) is 2. The number of hydrogen-bond acceptors (Lipinski definition) is 5. The summed E-state index contributed by atoms with van der Waals surface area (Å²) in [4.78, 5) is 28.4. The van der Waals surface area contributed by atoms with Gasteiger partial charge in [0.2, 0.25) is 0 Å². The van der Waals surface area contributed by atoms with Crippen LogP contribution in [0.1, 0.15) is 27.8 Å². The number of anilines is 2. The lowest BCUT2D eigenvalue weighted by Gasteiger charge is -2.16. The van der Waals surface area contributed by atoms with E-state index >= 15 is 0 Å². The van der Waals surface area contributed by atoms with Crippen molar-refractivity contribution in [1.82, 2.24) is 0 Å². The fourth-order valence-corrected chi connectivity index (χ4v) is 3.96. The molecular formula is C27H23N3O3. The maximum atomic E-state index is 13.6. The molecule has 1 heterocycles. The summed E-state index contributed by atoms with van der Waals surface area (Å²) in [5.41, 5.74) is 5.54. The first-order chi connectivity index (χ1) is 15.8. The zero-order valence-corrected chi connectivity index (χ0v) is 18.9. The average molecular weight is 437 g/mol. The van der Waals surface area contributed by atoms with Crippen molar-refractivity contribution in [3.8, 4) is 11.8 Å². The van der Waals surface area contributed by atoms with Crippen molar-refractivity contribution in [2.75, 3.05) is 17.3 Å². The van der Waals surface area contributed by atoms with Crippen molar-refractivity contribution >= 4 is 28.8 Å². The van der Waals surface area contributed by atoms with E-state index in [4.69, 9.17) is 10.00 Å². The SMILES string of the molecule is COc1ccc(C)cc1NC1=C(c2ccc(C)cc2C)C(=O)N(c2ccc(C#N)cc2)C1=O. The summed E-state index contributed by atoms with van der Waals surface area (Å²) < 4.78 is 5.46. The molecule has 0 aromatic heterocycles. The number of imide groups is 1. The number of benzene rings is 3. The Balaban J connectivity index is 1.88. The van der Waals surface area contributed by atoms with Crippen LogP contribution in [0.25, 0.3) is 5.57 Å². The fraction of sp³-hybridized carbons (Fsp3) is 0.148. The first-order valence-corrected chi connectivity index (χ1v) is 10.5. The number of carbonyl (C=O) groups is 2. The molecule has 0 spiro atoms. The van der Waals surface area contributed by atoms with Crippen LogP contribution in [0.5, 0.6) is 5.75 Å². The molecule has 0 unspecified atom stereocenters. The molecule has 0 saturated heterocycles. The molecule has 3 aromatic rings. The summed E-state index contributed by atoms with van der Waals surface area (Å²) in [7, 11) is 1.56. The second-order valence-electron chi connectivity index (χ2n) is 8.00. The number of carbonyl (C=O) groups excluding carboxylic acids is 2. The molecule has 2 amide bonds. The highest BCUT2D eigenvalue weighted by molar-refractivity contribution is 6.46. The molecule has 33 heavy (non-hydrogen) atoms. The van der Waals surface area contributed by atoms with E-state index in [0.717, 1.165) is 21.6 Å². The van der Waals surface area contributed by atoms with Crippen molar-refractivity contribution < 1.29 is 14.3 Å². The van der Waals surface area contributed by atoms with Gasteiger partial charge in [-0.25, -0.2) is 4.90 Å². The molecule has 4 rings (SSSR count). The topological polar surface area (TPSA) is 82.4 Å². The Morgan fingerprint density at radius 3 is 2.18 bits per heavy atom. The summed E-state index contributed by atoms with van der Waals surface area (Å²) in [5.74, 6) is -0.334. The maximum Gasteiger partial charge on any atom is 0.282 e. The van der Waals surface area contributed by atoms with E-state index in [1.54, 1.807) is 31.4 Å². The van der Waals surface area contributed by atoms with Crippen LogP contribution in [0.3, 0.4) is 0 Å². The lowest BCUT2D eigenvalue weighted by Crippen LogP contribution is -2.32. The minimum Gasteiger partial charge on any atom is -0.495 e. The highest BCUT2D eigenvalue weighted by atomic mass is 16.5. The van der Waals surface area contributed by atoms with Gasteiger partial charge in [0.1, 0.15) is 11.4 Å². The summed E-state index contributed by atoms with van der Waals surface area (Å²) in [6.07, 6.45) is 0. The van der Waals surface area contributed by atoms with Crippen LogP contribution in [0.2, 0.25) is 0 Å². The van der Waals surface area contributed by atoms with E-state index < -0.39 is 11.8 Å². The average Bonchev–Trinajstić information content (AvgIpc) is 3.03. The largest absolute Gasteiger partial charge is 0.495 e. The van der Waals surface area contributed by atoms with E-state index in [0.29, 0.717) is 33.8 Å². The van der Waals surface area contributed by atoms with Gasteiger partial charge >= 0.3 is 0 Å². The Labute approximate surface area is 192 Å². The monoisotopic (exact) mass is 437 g/mol. The highest BCUT2D eigenvalue weighted by Gasteiger charge is 2.41. The Morgan fingerprint density at radius 2 is 1.55 bits per heavy atom. The van der Waals surface area contributed by atoms with Gasteiger partial charge in [0.05, 0.1) is 35.7 Å². The van der Waals surface area contributed by atoms with Crippen molar-refractivity contribution in [3.63, 3.8) is 0 Å². The van der Waals surface area contributed by atoms with Gasteiger partial charge in [0.25, 0.3) is 11.8 Å². The minimum atomic E-state index is -0.469. The van der Waals surface area contributed by atoms with Gasteiger partial charge in [-0.15, -0.1) is 0 Å². The minimum absolute atomic E-state index is 0.181. The number of methoxy groups -OCH3 is 1. The zero-order valence-electron chi connectivity index (χ0n) is 18.9. The molecule has 0 radical (unpaired) electrons. The van der Waals surface area contributed by atoms with Crippen LogP contribution < -0.4 is 15.0 Å². The van der Waals surface area contributed by atoms with Gasteiger partial charge in [-0.2, -0.15) is 5.26 Å². The molecule has 1 aliphatic heterocycles. The van der Waals surface area contributed by atoms with Crippen LogP contribution >= 0.6 is 0 Å². The molecule has 164 valence electrons. The molecule has 1 N–H and O–H groups in total. The van der Waals surface area contributed by atoms with E-state index in [2.05, 4.69) is 5.32 Å². The Morgan fingerprint density at radius 1 is 0.879 bits per heavy atom. The van der Waals surface area contributed by atoms with Gasteiger partial charge in [0, 0.05) is 0 Å². The number of ether oxygens (including phenoxy) is 1. The zero-order chi connectivity index (χ0) is 23.7. The quantitative estimate of drug-likeness (QED) is 0.575. The maximum absolute atomic E-state index is 13.6. The molecule has 6 heteroatoms. The molecule has 0 aliphatic carbocycles. The molecule has 3 aromatic carbocycles. The third-order valence-corrected chi connectivity index (χ3v) is 5.60. The summed E-state index contributed by atoms with van der Waals surface area (Å²) in [6, 6.07) is 19.8. The number of nitrogens with one attached hydrogen (secondary N) is 1. The fourth-order valence-electron chi connectivity index (χ4n) is 3.96. The molecule has 0 atom stereocenters. The van der Waals surface area contributed by atoms with Crippen molar-refractivity contribution in [2.45, 2.75) is 20.8 Å². The van der Waals surface area contributed by atoms with Crippen LogP contribution in [-0.4, -0.2) is 18.9 Å². The Bertz CT molecular complexity index is 1350. The third kappa shape index (κ3) is 3.97. The van der Waals surface area contributed by atoms with E-state index in [1.807, 2.05) is 63.2 Å². The first kappa shape index (κ1) is 21.8. The lowest BCUT2D eigenvalue weighted by molar-refractivity contribution is -0.120. The van der Waals surface area contributed by atoms with E-state index in [1.165, 1.54) is 0 Å². The second kappa shape index (κ2) is 8.64. The highest BCUT2D eigenvalue weighted by Crippen LogP contribution is 2.37. The van der Waals surface area contributed by atoms with E-state index in [9.17, 15) is 9.59 Å². The predicted octanol–water partition coefficient (Wildman–Crippen LogP) is 4.89. The van der Waals surface area contributed by atoms with Crippen LogP contribution in [0.4, 0.5) is 11.4 Å². The Hall–Kier alpha value is -4.37. The number of hydrogen-bond donors (Lipinski definition) is 1. The number of nitriles is 1. The normalized spacial score (nSPS) is 13.4. The first-order valence-electron chi connectivity index (χ1n) is 10.5. The molecule has 6 nitrogen and oxygen atoms in total. The second-order valence-corrected chi connectivity index (χ2v) is 8.00. The lowest BCUT2D eigenvalue weighted by atomic mass is 9.97. The van der Waals surface area contributed by atoms with E-state index in [-0.39, 0.29) is 5.70 Å². The van der Waals surface area contributed by atoms with Gasteiger partial charge in [0.15, 0.2) is 0 Å². The molecular weight excluding hydrogens is 414 g/mol. The standard InChI is InChI=1S/C27H23N3O3/c1-16-5-11-21(18(3)13-16)24-25(29-22-14-17(2)6-12-23(22)33-4)27(32)30(26(24)31)20-9-7-19(15-28)8-10-20/h5-14,29H,1-4H3. The molecule has 0 bridgehead atoms. The third-order valence-electron chi connectivity index (χ3n) is 5.60. The van der Waals surface area contributed by atoms with Gasteiger partial charge < -0.3 is 10.1 Å². The summed E-state index contributed by atoms with van der Waals surface area (Å²) in [5, 5.41) is 12.3. The van der Waals surface area contributed by atoms with Gasteiger partial charge in [-0.1, -0.05) is 29.8 Å². The number of aryl methyl sites for hydroxylation is 3. The van der Waals surface area contributed by atoms with Crippen LogP contribution in [0, 0.1) is 32.1 Å². The summed E-state index contributed by atoms with van der Waals surface area (Å²) >= 11 is 0. The molecule has 0 saturated carbocycles. The van der Waals surface area contributed by atoms with Gasteiger partial charge in [-0.3, -0.25) is 9.59 Å². The van der Waals surface area contributed by atoms with Crippen LogP contribution in [-0.2, 0) is 9.59 Å². The van der Waals surface area contributed by atoms with Gasteiger partial charge in [-0.05, 0) is 73.9 Å². The van der Waals surface area contributed by atoms with Crippen molar-refractivity contribution in [3.05, 3.63) is 94.2 Å². The van der Waals surface area contributed by atoms with Crippen LogP contribution in [0.15, 0.2) is 66.4 Å². The molecule has 1 aliphatic rings. The smallest absolute Gasteiger partial charge is 0.282 e.